The predicted molar refractivity (Wildman–Crippen MR) is 198 cm³/mol. The first-order valence-electron chi connectivity index (χ1n) is 17.1. The highest BCUT2D eigenvalue weighted by atomic mass is 19.1. The van der Waals surface area contributed by atoms with Gasteiger partial charge in [-0.3, -0.25) is 9.59 Å². The number of carbonyl (C=O) groups is 2. The number of benzene rings is 2. The number of hydrogen-bond acceptors (Lipinski definition) is 7. The van der Waals surface area contributed by atoms with Crippen molar-refractivity contribution in [1.29, 1.82) is 0 Å². The number of azo groups is 2. The van der Waals surface area contributed by atoms with Crippen molar-refractivity contribution in [3.8, 4) is 11.5 Å². The summed E-state index contributed by atoms with van der Waals surface area (Å²) in [6.45, 7) is 23.0. The molecule has 0 aromatic heterocycles. The molecule has 2 aromatic rings. The number of ketones is 2. The SMILES string of the molecule is CC(C)(C)C1=CC(=CN=Nc2c(F)cc(Oc3cc(F)c(N=NC=C4C=C(C(C)(C)C)C(=O)C(C(C)(C)C)=C4)c(F)c3)cc2F)C=C(C(C)(C)C)C1=O. The van der Waals surface area contributed by atoms with Crippen LogP contribution in [0.15, 0.2) is 115 Å². The first kappa shape index (κ1) is 40.7. The fourth-order valence-corrected chi connectivity index (χ4v) is 5.52. The van der Waals surface area contributed by atoms with E-state index < -0.39 is 56.3 Å². The minimum absolute atomic E-state index is 0.0720. The van der Waals surface area contributed by atoms with E-state index in [-0.39, 0.29) is 23.1 Å². The predicted octanol–water partition coefficient (Wildman–Crippen LogP) is 13.0. The summed E-state index contributed by atoms with van der Waals surface area (Å²) in [5, 5.41) is 15.2. The van der Waals surface area contributed by atoms with E-state index in [0.717, 1.165) is 24.3 Å². The monoisotopic (exact) mass is 730 g/mol. The van der Waals surface area contributed by atoms with E-state index in [1.165, 1.54) is 12.4 Å². The molecule has 2 aromatic carbocycles. The highest BCUT2D eigenvalue weighted by Crippen LogP contribution is 2.41. The Labute approximate surface area is 308 Å². The van der Waals surface area contributed by atoms with Crippen molar-refractivity contribution in [2.24, 2.45) is 42.1 Å². The average Bonchev–Trinajstić information content (AvgIpc) is 2.98. The zero-order valence-electron chi connectivity index (χ0n) is 32.3. The van der Waals surface area contributed by atoms with Crippen molar-refractivity contribution in [3.63, 3.8) is 0 Å². The van der Waals surface area contributed by atoms with Gasteiger partial charge in [-0.2, -0.15) is 10.2 Å². The number of allylic oxidation sites excluding steroid dienone is 10. The smallest absolute Gasteiger partial charge is 0.186 e. The van der Waals surface area contributed by atoms with Crippen molar-refractivity contribution in [2.75, 3.05) is 0 Å². The second-order valence-electron chi connectivity index (χ2n) is 17.2. The molecule has 0 N–H and O–H groups in total. The summed E-state index contributed by atoms with van der Waals surface area (Å²) in [7, 11) is 0. The third-order valence-corrected chi connectivity index (χ3v) is 8.40. The van der Waals surface area contributed by atoms with Crippen LogP contribution >= 0.6 is 0 Å². The van der Waals surface area contributed by atoms with Crippen LogP contribution in [-0.2, 0) is 9.59 Å². The van der Waals surface area contributed by atoms with E-state index in [1.54, 1.807) is 24.3 Å². The zero-order chi connectivity index (χ0) is 39.8. The van der Waals surface area contributed by atoms with Crippen LogP contribution < -0.4 is 4.74 Å². The number of halogens is 4. The van der Waals surface area contributed by atoms with Crippen molar-refractivity contribution in [1.82, 2.24) is 0 Å². The summed E-state index contributed by atoms with van der Waals surface area (Å²) in [6.07, 6.45) is 9.35. The number of hydrogen-bond donors (Lipinski definition) is 0. The minimum Gasteiger partial charge on any atom is -0.457 e. The van der Waals surface area contributed by atoms with Gasteiger partial charge in [0, 0.05) is 46.6 Å². The van der Waals surface area contributed by atoms with Crippen LogP contribution in [0.3, 0.4) is 0 Å². The van der Waals surface area contributed by atoms with Crippen molar-refractivity contribution < 1.29 is 31.9 Å². The maximum Gasteiger partial charge on any atom is 0.186 e. The molecule has 0 saturated carbocycles. The second-order valence-corrected chi connectivity index (χ2v) is 17.2. The first-order chi connectivity index (χ1) is 24.3. The van der Waals surface area contributed by atoms with Gasteiger partial charge in [-0.05, 0) is 57.1 Å². The zero-order valence-corrected chi connectivity index (χ0v) is 32.3. The van der Waals surface area contributed by atoms with E-state index in [9.17, 15) is 9.59 Å². The largest absolute Gasteiger partial charge is 0.457 e. The normalized spacial score (nSPS) is 16.2. The quantitative estimate of drug-likeness (QED) is 0.219. The molecule has 0 spiro atoms. The molecule has 0 saturated heterocycles. The molecule has 0 fully saturated rings. The molecule has 0 radical (unpaired) electrons. The van der Waals surface area contributed by atoms with Crippen LogP contribution in [0, 0.1) is 44.9 Å². The molecular weight excluding hydrogens is 684 g/mol. The summed E-state index contributed by atoms with van der Waals surface area (Å²) >= 11 is 0. The lowest BCUT2D eigenvalue weighted by molar-refractivity contribution is -0.114. The molecule has 0 aliphatic heterocycles. The lowest BCUT2D eigenvalue weighted by atomic mass is 9.72. The Morgan fingerprint density at radius 3 is 0.943 bits per heavy atom. The van der Waals surface area contributed by atoms with Gasteiger partial charge < -0.3 is 4.74 Å². The highest BCUT2D eigenvalue weighted by Gasteiger charge is 2.35. The summed E-state index contributed by atoms with van der Waals surface area (Å²) in [5.41, 5.74) is 0.124. The number of rotatable bonds is 6. The summed E-state index contributed by atoms with van der Waals surface area (Å²) in [6, 6.07) is 3.23. The lowest BCUT2D eigenvalue weighted by Crippen LogP contribution is -2.27. The van der Waals surface area contributed by atoms with Gasteiger partial charge in [-0.25, -0.2) is 17.6 Å². The fraction of sp³-hybridized carbons (Fsp3) is 0.381. The van der Waals surface area contributed by atoms with E-state index in [2.05, 4.69) is 20.5 Å². The molecule has 0 heterocycles. The van der Waals surface area contributed by atoms with Gasteiger partial charge in [0.15, 0.2) is 46.2 Å². The molecule has 4 rings (SSSR count). The van der Waals surface area contributed by atoms with E-state index in [4.69, 9.17) is 4.74 Å². The lowest BCUT2D eigenvalue weighted by Gasteiger charge is -2.31. The van der Waals surface area contributed by atoms with E-state index >= 15 is 17.6 Å². The van der Waals surface area contributed by atoms with Crippen molar-refractivity contribution in [3.05, 3.63) is 118 Å². The molecule has 2 aliphatic carbocycles. The Kier molecular flexibility index (Phi) is 11.3. The average molecular weight is 731 g/mol. The molecule has 11 heteroatoms. The third kappa shape index (κ3) is 9.68. The van der Waals surface area contributed by atoms with Gasteiger partial charge in [0.25, 0.3) is 0 Å². The highest BCUT2D eigenvalue weighted by molar-refractivity contribution is 6.12. The molecule has 7 nitrogen and oxygen atoms in total. The maximum atomic E-state index is 15.0. The fourth-order valence-electron chi connectivity index (χ4n) is 5.52. The molecule has 53 heavy (non-hydrogen) atoms. The number of carbonyl (C=O) groups excluding carboxylic acids is 2. The summed E-state index contributed by atoms with van der Waals surface area (Å²) in [5.74, 6) is -5.43. The Bertz CT molecular complexity index is 1840. The van der Waals surface area contributed by atoms with Crippen LogP contribution in [0.4, 0.5) is 28.9 Å². The molecule has 0 atom stereocenters. The van der Waals surface area contributed by atoms with Crippen LogP contribution in [0.5, 0.6) is 11.5 Å². The number of nitrogens with zero attached hydrogens (tertiary/aromatic N) is 4. The third-order valence-electron chi connectivity index (χ3n) is 8.40. The second kappa shape index (κ2) is 14.8. The molecule has 0 amide bonds. The van der Waals surface area contributed by atoms with Crippen LogP contribution in [0.25, 0.3) is 0 Å². The van der Waals surface area contributed by atoms with Crippen LogP contribution in [0.1, 0.15) is 83.1 Å². The van der Waals surface area contributed by atoms with Crippen LogP contribution in [0.2, 0.25) is 0 Å². The molecule has 0 unspecified atom stereocenters. The van der Waals surface area contributed by atoms with Gasteiger partial charge in [-0.1, -0.05) is 83.1 Å². The van der Waals surface area contributed by atoms with Gasteiger partial charge in [0.05, 0.1) is 12.4 Å². The summed E-state index contributed by atoms with van der Waals surface area (Å²) in [4.78, 5) is 26.3. The number of Topliss-reactive ketones (excluding diaryl/α,β-unsaturated/α-hetero) is 2. The minimum atomic E-state index is -1.13. The Morgan fingerprint density at radius 2 is 0.717 bits per heavy atom. The maximum absolute atomic E-state index is 15.0. The van der Waals surface area contributed by atoms with Crippen molar-refractivity contribution >= 4 is 22.9 Å². The summed E-state index contributed by atoms with van der Waals surface area (Å²) < 4.78 is 65.4. The standard InChI is InChI=1S/C42H46F4N4O3/c1-39(2,3)27-13-23(14-28(37(27)51)40(4,5)6)21-47-49-35-31(43)17-25(18-32(35)44)53-26-19-33(45)36(34(46)20-26)50-48-22-24-15-29(41(7,8)9)38(52)30(16-24)42(10,11)12/h13-22H,1-12H3. The van der Waals surface area contributed by atoms with Crippen molar-refractivity contribution in [2.45, 2.75) is 83.1 Å². The number of ether oxygens (including phenoxy) is 1. The molecule has 0 bridgehead atoms. The molecule has 2 aliphatic rings. The van der Waals surface area contributed by atoms with E-state index in [0.29, 0.717) is 33.4 Å². The molecule has 280 valence electrons. The van der Waals surface area contributed by atoms with Gasteiger partial charge in [-0.15, -0.1) is 10.2 Å². The van der Waals surface area contributed by atoms with Gasteiger partial charge in [0.2, 0.25) is 0 Å². The first-order valence-corrected chi connectivity index (χ1v) is 17.1. The Hall–Kier alpha value is -5.06. The molecular formula is C42H46F4N4O3. The van der Waals surface area contributed by atoms with E-state index in [1.807, 2.05) is 83.1 Å². The van der Waals surface area contributed by atoms with Gasteiger partial charge in [0.1, 0.15) is 11.5 Å². The topological polar surface area (TPSA) is 92.8 Å². The Morgan fingerprint density at radius 1 is 0.472 bits per heavy atom. The Balaban J connectivity index is 1.56. The van der Waals surface area contributed by atoms with Gasteiger partial charge >= 0.3 is 0 Å². The van der Waals surface area contributed by atoms with Crippen LogP contribution in [-0.4, -0.2) is 11.6 Å².